The fraction of sp³-hybridized carbons (Fsp3) is 0.581. The van der Waals surface area contributed by atoms with Crippen molar-refractivity contribution in [3.05, 3.63) is 47.0 Å². The van der Waals surface area contributed by atoms with E-state index in [-0.39, 0.29) is 17.3 Å². The number of nitrogens with zero attached hydrogens (tertiary/aromatic N) is 4. The summed E-state index contributed by atoms with van der Waals surface area (Å²) in [6.07, 6.45) is 5.44. The van der Waals surface area contributed by atoms with Crippen molar-refractivity contribution in [3.8, 4) is 11.1 Å². The first-order valence-electron chi connectivity index (χ1n) is 15.2. The second kappa shape index (κ2) is 13.9. The second-order valence-electron chi connectivity index (χ2n) is 12.9. The van der Waals surface area contributed by atoms with E-state index in [4.69, 9.17) is 9.26 Å². The van der Waals surface area contributed by atoms with Gasteiger partial charge in [-0.15, -0.1) is 0 Å². The zero-order valence-corrected chi connectivity index (χ0v) is 27.4. The third-order valence-electron chi connectivity index (χ3n) is 8.24. The molecule has 1 aliphatic carbocycles. The Kier molecular flexibility index (Phi) is 10.5. The number of hydrogen-bond donors (Lipinski definition) is 2. The predicted molar refractivity (Wildman–Crippen MR) is 166 cm³/mol. The van der Waals surface area contributed by atoms with Crippen LogP contribution in [-0.2, 0) is 22.7 Å². The summed E-state index contributed by atoms with van der Waals surface area (Å²) < 4.78 is 28.2. The van der Waals surface area contributed by atoms with Crippen LogP contribution >= 0.6 is 0 Å². The lowest BCUT2D eigenvalue weighted by Crippen LogP contribution is -2.49. The van der Waals surface area contributed by atoms with Gasteiger partial charge in [0.2, 0.25) is 11.9 Å². The molecular weight excluding hydrogens is 567 g/mol. The van der Waals surface area contributed by atoms with E-state index in [1.54, 1.807) is 23.7 Å². The van der Waals surface area contributed by atoms with E-state index in [0.717, 1.165) is 37.4 Å². The van der Waals surface area contributed by atoms with Gasteiger partial charge in [0.25, 0.3) is 5.91 Å². The number of anilines is 1. The molecule has 1 saturated carbocycles. The van der Waals surface area contributed by atoms with E-state index in [0.29, 0.717) is 48.2 Å². The van der Waals surface area contributed by atoms with E-state index < -0.39 is 31.9 Å². The number of nitrogens with one attached hydrogen (secondary N) is 2. The largest absolute Gasteiger partial charge is 0.364 e. The number of pyridine rings is 1. The minimum atomic E-state index is -1.21. The molecular formula is C31H45FN6O4Si. The topological polar surface area (TPSA) is 124 Å². The van der Waals surface area contributed by atoms with Gasteiger partial charge in [-0.3, -0.25) is 9.59 Å². The third-order valence-corrected chi connectivity index (χ3v) is 9.95. The number of aryl methyl sites for hydroxylation is 2. The van der Waals surface area contributed by atoms with Crippen molar-refractivity contribution in [1.29, 1.82) is 0 Å². The van der Waals surface area contributed by atoms with Gasteiger partial charge >= 0.3 is 0 Å². The SMILES string of the molecule is CCc1c(-c2ccc(NC(=O)[C@@H](NC(=O)c3conc3C)C3CCC(C)CC3)nc2F)c(C)nn1COCC[Si](C)(C)C. The van der Waals surface area contributed by atoms with Gasteiger partial charge in [-0.05, 0) is 63.1 Å². The molecule has 12 heteroatoms. The monoisotopic (exact) mass is 612 g/mol. The Morgan fingerprint density at radius 2 is 1.88 bits per heavy atom. The van der Waals surface area contributed by atoms with Gasteiger partial charge in [-0.2, -0.15) is 9.49 Å². The number of aromatic nitrogens is 4. The highest BCUT2D eigenvalue weighted by atomic mass is 28.3. The fourth-order valence-corrected chi connectivity index (χ4v) is 6.37. The third kappa shape index (κ3) is 8.17. The molecule has 4 rings (SSSR count). The Morgan fingerprint density at radius 3 is 2.49 bits per heavy atom. The number of amides is 2. The van der Waals surface area contributed by atoms with E-state index in [9.17, 15) is 9.59 Å². The number of carbonyl (C=O) groups excluding carboxylic acids is 2. The molecule has 3 aromatic heterocycles. The molecule has 0 spiro atoms. The summed E-state index contributed by atoms with van der Waals surface area (Å²) in [5, 5.41) is 14.0. The number of hydrogen-bond acceptors (Lipinski definition) is 7. The first kappa shape index (κ1) is 32.5. The zero-order valence-electron chi connectivity index (χ0n) is 26.4. The van der Waals surface area contributed by atoms with E-state index in [2.05, 4.69) is 52.4 Å². The molecule has 0 radical (unpaired) electrons. The van der Waals surface area contributed by atoms with Crippen LogP contribution in [0.1, 0.15) is 67.0 Å². The van der Waals surface area contributed by atoms with Crippen molar-refractivity contribution in [1.82, 2.24) is 25.2 Å². The van der Waals surface area contributed by atoms with Gasteiger partial charge in [-0.25, -0.2) is 9.67 Å². The zero-order chi connectivity index (χ0) is 31.3. The van der Waals surface area contributed by atoms with Crippen LogP contribution in [0.3, 0.4) is 0 Å². The van der Waals surface area contributed by atoms with E-state index >= 15 is 4.39 Å². The molecule has 10 nitrogen and oxygen atoms in total. The lowest BCUT2D eigenvalue weighted by Gasteiger charge is -2.32. The van der Waals surface area contributed by atoms with Crippen LogP contribution < -0.4 is 10.6 Å². The molecule has 1 fully saturated rings. The summed E-state index contributed by atoms with van der Waals surface area (Å²) in [5.74, 6) is -0.989. The highest BCUT2D eigenvalue weighted by molar-refractivity contribution is 6.76. The summed E-state index contributed by atoms with van der Waals surface area (Å²) in [6, 6.07) is 3.45. The molecule has 3 aromatic rings. The van der Waals surface area contributed by atoms with Crippen LogP contribution in [0.25, 0.3) is 11.1 Å². The summed E-state index contributed by atoms with van der Waals surface area (Å²) in [7, 11) is -1.21. The van der Waals surface area contributed by atoms with Gasteiger partial charge in [0.05, 0.1) is 11.4 Å². The van der Waals surface area contributed by atoms with Crippen LogP contribution in [0.2, 0.25) is 25.7 Å². The Hall–Kier alpha value is -3.38. The average Bonchev–Trinajstić information content (AvgIpc) is 3.51. The molecule has 0 aliphatic heterocycles. The number of halogens is 1. The number of carbonyl (C=O) groups is 2. The van der Waals surface area contributed by atoms with Gasteiger partial charge in [0, 0.05) is 31.5 Å². The Bertz CT molecular complexity index is 1420. The molecule has 0 saturated heterocycles. The summed E-state index contributed by atoms with van der Waals surface area (Å²) in [5.41, 5.74) is 3.26. The van der Waals surface area contributed by atoms with Crippen LogP contribution in [0.15, 0.2) is 22.9 Å². The predicted octanol–water partition coefficient (Wildman–Crippen LogP) is 6.13. The summed E-state index contributed by atoms with van der Waals surface area (Å²) >= 11 is 0. The van der Waals surface area contributed by atoms with Crippen molar-refractivity contribution in [2.45, 2.75) is 98.3 Å². The summed E-state index contributed by atoms with van der Waals surface area (Å²) in [6.45, 7) is 15.6. The van der Waals surface area contributed by atoms with Crippen LogP contribution in [0.4, 0.5) is 10.2 Å². The first-order valence-corrected chi connectivity index (χ1v) is 18.9. The van der Waals surface area contributed by atoms with Crippen molar-refractivity contribution in [2.75, 3.05) is 11.9 Å². The minimum absolute atomic E-state index is 0.0574. The smallest absolute Gasteiger partial charge is 0.257 e. The van der Waals surface area contributed by atoms with Gasteiger partial charge in [0.15, 0.2) is 0 Å². The normalized spacial score (nSPS) is 18.0. The van der Waals surface area contributed by atoms with Crippen LogP contribution in [-0.4, -0.2) is 52.5 Å². The van der Waals surface area contributed by atoms with Gasteiger partial charge in [-0.1, -0.05) is 51.5 Å². The number of rotatable bonds is 12. The first-order chi connectivity index (χ1) is 20.4. The van der Waals surface area contributed by atoms with Crippen LogP contribution in [0.5, 0.6) is 0 Å². The minimum Gasteiger partial charge on any atom is -0.364 e. The van der Waals surface area contributed by atoms with Gasteiger partial charge in [0.1, 0.15) is 30.4 Å². The Labute approximate surface area is 254 Å². The summed E-state index contributed by atoms with van der Waals surface area (Å²) in [4.78, 5) is 30.6. The standard InChI is InChI=1S/C31H45FN6O4Si/c1-8-25-27(21(4)36-38(25)18-41-15-16-43(5,6)7)23-13-14-26(33-29(23)32)34-31(40)28(22-11-9-19(2)10-12-22)35-30(39)24-17-42-37-20(24)3/h13-14,17,19,22,28H,8-12,15-16,18H2,1-7H3,(H,35,39)(H,33,34,40)/t19?,22?,28-/m0/s1. The molecule has 0 aromatic carbocycles. The van der Waals surface area contributed by atoms with Crippen molar-refractivity contribution in [2.24, 2.45) is 11.8 Å². The molecule has 0 bridgehead atoms. The molecule has 0 unspecified atom stereocenters. The van der Waals surface area contributed by atoms with E-state index in [1.165, 1.54) is 6.26 Å². The Balaban J connectivity index is 1.51. The molecule has 1 atom stereocenters. The van der Waals surface area contributed by atoms with Crippen molar-refractivity contribution >= 4 is 25.7 Å². The van der Waals surface area contributed by atoms with Crippen molar-refractivity contribution < 1.29 is 23.2 Å². The van der Waals surface area contributed by atoms with Gasteiger partial charge < -0.3 is 19.9 Å². The molecule has 2 N–H and O–H groups in total. The maximum Gasteiger partial charge on any atom is 0.257 e. The lowest BCUT2D eigenvalue weighted by molar-refractivity contribution is -0.119. The average molecular weight is 613 g/mol. The van der Waals surface area contributed by atoms with E-state index in [1.807, 2.05) is 13.8 Å². The van der Waals surface area contributed by atoms with Crippen molar-refractivity contribution in [3.63, 3.8) is 0 Å². The lowest BCUT2D eigenvalue weighted by atomic mass is 9.79. The fourth-order valence-electron chi connectivity index (χ4n) is 5.62. The van der Waals surface area contributed by atoms with Crippen LogP contribution in [0, 0.1) is 31.6 Å². The highest BCUT2D eigenvalue weighted by Crippen LogP contribution is 2.33. The highest BCUT2D eigenvalue weighted by Gasteiger charge is 2.34. The molecule has 43 heavy (non-hydrogen) atoms. The molecule has 3 heterocycles. The molecule has 1 aliphatic rings. The Morgan fingerprint density at radius 1 is 1.16 bits per heavy atom. The molecule has 234 valence electrons. The second-order valence-corrected chi connectivity index (χ2v) is 18.5. The quantitative estimate of drug-likeness (QED) is 0.143. The molecule has 2 amide bonds. The maximum absolute atomic E-state index is 15.6. The maximum atomic E-state index is 15.6. The number of ether oxygens (including phenoxy) is 1.